The fraction of sp³-hybridized carbons (Fsp3) is 0.458. The van der Waals surface area contributed by atoms with Crippen molar-refractivity contribution in [2.45, 2.75) is 65.0 Å². The van der Waals surface area contributed by atoms with E-state index >= 15 is 0 Å². The summed E-state index contributed by atoms with van der Waals surface area (Å²) in [5.41, 5.74) is 1.75. The number of rotatable bonds is 9. The Bertz CT molecular complexity index is 827. The van der Waals surface area contributed by atoms with Crippen molar-refractivity contribution in [2.75, 3.05) is 6.61 Å². The number of ether oxygens (including phenoxy) is 2. The van der Waals surface area contributed by atoms with Crippen LogP contribution in [0.15, 0.2) is 48.5 Å². The molecule has 0 aromatic heterocycles. The highest BCUT2D eigenvalue weighted by atomic mass is 28.4. The standard InChI is InChI=1S/C24H34O5Si/c1-7-27-23(26)21(25)16-19-15-20(29-30(5,6)24(2,3)4)13-14-22(19)28-17-18-11-9-8-10-12-18/h8-15,21,25H,7,16-17H2,1-6H3/t21-/m1/s1. The third-order valence-corrected chi connectivity index (χ3v) is 9.78. The molecule has 0 bridgehead atoms. The quantitative estimate of drug-likeness (QED) is 0.442. The third-order valence-electron chi connectivity index (χ3n) is 5.42. The minimum atomic E-state index is -2.03. The normalized spacial score (nSPS) is 12.9. The molecule has 2 aromatic rings. The smallest absolute Gasteiger partial charge is 0.335 e. The van der Waals surface area contributed by atoms with E-state index in [1.807, 2.05) is 48.5 Å². The van der Waals surface area contributed by atoms with E-state index in [9.17, 15) is 9.90 Å². The first-order valence-electron chi connectivity index (χ1n) is 10.4. The van der Waals surface area contributed by atoms with Gasteiger partial charge in [0, 0.05) is 12.0 Å². The second-order valence-corrected chi connectivity index (χ2v) is 13.6. The minimum Gasteiger partial charge on any atom is -0.543 e. The molecule has 5 nitrogen and oxygen atoms in total. The van der Waals surface area contributed by atoms with Gasteiger partial charge in [0.15, 0.2) is 6.10 Å². The monoisotopic (exact) mass is 430 g/mol. The highest BCUT2D eigenvalue weighted by Crippen LogP contribution is 2.38. The number of aliphatic hydroxyl groups is 1. The number of hydrogen-bond acceptors (Lipinski definition) is 5. The van der Waals surface area contributed by atoms with Gasteiger partial charge >= 0.3 is 5.97 Å². The van der Waals surface area contributed by atoms with Crippen LogP contribution in [-0.2, 0) is 22.6 Å². The Balaban J connectivity index is 2.27. The molecular formula is C24H34O5Si. The molecule has 0 aliphatic heterocycles. The minimum absolute atomic E-state index is 0.0556. The summed E-state index contributed by atoms with van der Waals surface area (Å²) in [5.74, 6) is 0.701. The molecule has 0 spiro atoms. The molecule has 0 unspecified atom stereocenters. The van der Waals surface area contributed by atoms with Crippen LogP contribution in [0.25, 0.3) is 0 Å². The molecule has 1 N–H and O–H groups in total. The second-order valence-electron chi connectivity index (χ2n) is 8.88. The predicted octanol–water partition coefficient (Wildman–Crippen LogP) is 5.12. The average molecular weight is 431 g/mol. The van der Waals surface area contributed by atoms with Crippen LogP contribution in [0, 0.1) is 0 Å². The number of aliphatic hydroxyl groups excluding tert-OH is 1. The van der Waals surface area contributed by atoms with Crippen molar-refractivity contribution in [1.29, 1.82) is 0 Å². The van der Waals surface area contributed by atoms with Gasteiger partial charge in [-0.25, -0.2) is 4.79 Å². The van der Waals surface area contributed by atoms with E-state index in [0.29, 0.717) is 17.9 Å². The van der Waals surface area contributed by atoms with Crippen molar-refractivity contribution in [3.8, 4) is 11.5 Å². The van der Waals surface area contributed by atoms with Gasteiger partial charge in [0.1, 0.15) is 18.1 Å². The first kappa shape index (κ1) is 24.0. The molecule has 0 aliphatic rings. The molecule has 0 saturated heterocycles. The maximum Gasteiger partial charge on any atom is 0.335 e. The lowest BCUT2D eigenvalue weighted by Gasteiger charge is -2.36. The van der Waals surface area contributed by atoms with Gasteiger partial charge in [-0.3, -0.25) is 0 Å². The summed E-state index contributed by atoms with van der Waals surface area (Å²) in [6.07, 6.45) is -1.16. The summed E-state index contributed by atoms with van der Waals surface area (Å²) in [6.45, 7) is 13.2. The summed E-state index contributed by atoms with van der Waals surface area (Å²) in [5, 5.41) is 10.4. The number of esters is 1. The van der Waals surface area contributed by atoms with Crippen molar-refractivity contribution >= 4 is 14.3 Å². The van der Waals surface area contributed by atoms with Crippen LogP contribution >= 0.6 is 0 Å². The van der Waals surface area contributed by atoms with Gasteiger partial charge < -0.3 is 19.0 Å². The van der Waals surface area contributed by atoms with Crippen LogP contribution in [0.1, 0.15) is 38.8 Å². The van der Waals surface area contributed by atoms with Crippen molar-refractivity contribution in [3.05, 3.63) is 59.7 Å². The topological polar surface area (TPSA) is 65.0 Å². The largest absolute Gasteiger partial charge is 0.543 e. The lowest BCUT2D eigenvalue weighted by Crippen LogP contribution is -2.43. The SMILES string of the molecule is CCOC(=O)[C@H](O)Cc1cc(O[Si](C)(C)C(C)(C)C)ccc1OCc1ccccc1. The van der Waals surface area contributed by atoms with Crippen LogP contribution in [-0.4, -0.2) is 32.1 Å². The molecule has 0 fully saturated rings. The molecule has 0 aliphatic carbocycles. The van der Waals surface area contributed by atoms with Crippen molar-refractivity contribution < 1.29 is 23.8 Å². The van der Waals surface area contributed by atoms with E-state index < -0.39 is 20.4 Å². The Morgan fingerprint density at radius 1 is 1.10 bits per heavy atom. The van der Waals surface area contributed by atoms with Crippen LogP contribution in [0.4, 0.5) is 0 Å². The third kappa shape index (κ3) is 6.60. The Morgan fingerprint density at radius 3 is 2.37 bits per heavy atom. The van der Waals surface area contributed by atoms with E-state index in [4.69, 9.17) is 13.9 Å². The van der Waals surface area contributed by atoms with Crippen molar-refractivity contribution in [3.63, 3.8) is 0 Å². The Morgan fingerprint density at radius 2 is 1.77 bits per heavy atom. The molecule has 1 atom stereocenters. The van der Waals surface area contributed by atoms with E-state index in [1.54, 1.807) is 6.92 Å². The predicted molar refractivity (Wildman–Crippen MR) is 121 cm³/mol. The van der Waals surface area contributed by atoms with Crippen LogP contribution < -0.4 is 9.16 Å². The van der Waals surface area contributed by atoms with E-state index in [1.165, 1.54) is 0 Å². The molecule has 0 saturated carbocycles. The first-order valence-corrected chi connectivity index (χ1v) is 13.3. The molecule has 0 heterocycles. The first-order chi connectivity index (χ1) is 14.0. The highest BCUT2D eigenvalue weighted by Gasteiger charge is 2.39. The van der Waals surface area contributed by atoms with Crippen LogP contribution in [0.3, 0.4) is 0 Å². The summed E-state index contributed by atoms with van der Waals surface area (Å²) in [7, 11) is -2.03. The summed E-state index contributed by atoms with van der Waals surface area (Å²) in [4.78, 5) is 11.9. The second kappa shape index (κ2) is 10.1. The van der Waals surface area contributed by atoms with Gasteiger partial charge in [0.05, 0.1) is 6.61 Å². The lowest BCUT2D eigenvalue weighted by molar-refractivity contribution is -0.152. The lowest BCUT2D eigenvalue weighted by atomic mass is 10.1. The van der Waals surface area contributed by atoms with Gasteiger partial charge in [-0.15, -0.1) is 0 Å². The Hall–Kier alpha value is -2.31. The summed E-state index contributed by atoms with van der Waals surface area (Å²) < 4.78 is 17.4. The molecule has 164 valence electrons. The summed E-state index contributed by atoms with van der Waals surface area (Å²) in [6, 6.07) is 15.4. The van der Waals surface area contributed by atoms with Crippen molar-refractivity contribution in [1.82, 2.24) is 0 Å². The van der Waals surface area contributed by atoms with Gasteiger partial charge in [0.2, 0.25) is 8.32 Å². The molecule has 6 heteroatoms. The zero-order valence-corrected chi connectivity index (χ0v) is 19.9. The molecule has 2 rings (SSSR count). The van der Waals surface area contributed by atoms with Crippen LogP contribution in [0.5, 0.6) is 11.5 Å². The number of carbonyl (C=O) groups is 1. The Kier molecular flexibility index (Phi) is 8.09. The zero-order valence-electron chi connectivity index (χ0n) is 18.9. The molecule has 30 heavy (non-hydrogen) atoms. The fourth-order valence-corrected chi connectivity index (χ4v) is 3.66. The van der Waals surface area contributed by atoms with Crippen LogP contribution in [0.2, 0.25) is 18.1 Å². The molecule has 0 radical (unpaired) electrons. The van der Waals surface area contributed by atoms with E-state index in [0.717, 1.165) is 11.3 Å². The molecular weight excluding hydrogens is 396 g/mol. The zero-order chi connectivity index (χ0) is 22.4. The van der Waals surface area contributed by atoms with E-state index in [2.05, 4.69) is 33.9 Å². The van der Waals surface area contributed by atoms with Gasteiger partial charge in [0.25, 0.3) is 0 Å². The summed E-state index contributed by atoms with van der Waals surface area (Å²) >= 11 is 0. The Labute approximate surface area is 181 Å². The maximum atomic E-state index is 11.9. The fourth-order valence-electron chi connectivity index (χ4n) is 2.63. The maximum absolute atomic E-state index is 11.9. The number of benzene rings is 2. The number of carbonyl (C=O) groups excluding carboxylic acids is 1. The van der Waals surface area contributed by atoms with Crippen molar-refractivity contribution in [2.24, 2.45) is 0 Å². The number of hydrogen-bond donors (Lipinski definition) is 1. The van der Waals surface area contributed by atoms with Gasteiger partial charge in [-0.2, -0.15) is 0 Å². The van der Waals surface area contributed by atoms with Gasteiger partial charge in [-0.05, 0) is 48.8 Å². The van der Waals surface area contributed by atoms with E-state index in [-0.39, 0.29) is 18.1 Å². The van der Waals surface area contributed by atoms with Gasteiger partial charge in [-0.1, -0.05) is 51.1 Å². The highest BCUT2D eigenvalue weighted by molar-refractivity contribution is 6.74. The molecule has 2 aromatic carbocycles. The average Bonchev–Trinajstić information content (AvgIpc) is 2.67. The molecule has 0 amide bonds.